The maximum Gasteiger partial charge on any atom is 0.123 e. The second kappa shape index (κ2) is 6.98. The third kappa shape index (κ3) is 3.61. The van der Waals surface area contributed by atoms with Gasteiger partial charge in [-0.1, -0.05) is 11.6 Å². The maximum absolute atomic E-state index is 6.31. The minimum absolute atomic E-state index is 0.841. The molecule has 0 saturated carbocycles. The van der Waals surface area contributed by atoms with Crippen LogP contribution < -0.4 is 10.1 Å². The summed E-state index contributed by atoms with van der Waals surface area (Å²) in [7, 11) is 5.77. The van der Waals surface area contributed by atoms with Gasteiger partial charge in [-0.05, 0) is 45.1 Å². The number of benzene rings is 1. The molecule has 0 aliphatic heterocycles. The molecule has 0 bridgehead atoms. The van der Waals surface area contributed by atoms with Crippen molar-refractivity contribution in [2.45, 2.75) is 20.4 Å². The molecule has 1 aromatic rings. The first-order valence-electron chi connectivity index (χ1n) is 6.17. The zero-order valence-electron chi connectivity index (χ0n) is 11.9. The van der Waals surface area contributed by atoms with E-state index in [2.05, 4.69) is 24.2 Å². The highest BCUT2D eigenvalue weighted by molar-refractivity contribution is 6.32. The Morgan fingerprint density at radius 3 is 2.61 bits per heavy atom. The number of ether oxygens (including phenoxy) is 1. The van der Waals surface area contributed by atoms with Crippen molar-refractivity contribution in [1.82, 2.24) is 10.2 Å². The molecule has 0 heterocycles. The van der Waals surface area contributed by atoms with Crippen LogP contribution in [0.25, 0.3) is 0 Å². The predicted octanol–water partition coefficient (Wildman–Crippen LogP) is 2.62. The van der Waals surface area contributed by atoms with Gasteiger partial charge >= 0.3 is 0 Å². The van der Waals surface area contributed by atoms with Crippen molar-refractivity contribution in [1.29, 1.82) is 0 Å². The van der Waals surface area contributed by atoms with Gasteiger partial charge in [-0.25, -0.2) is 0 Å². The number of aryl methyl sites for hydroxylation is 1. The van der Waals surface area contributed by atoms with Crippen LogP contribution in [-0.2, 0) is 6.54 Å². The van der Waals surface area contributed by atoms with E-state index in [9.17, 15) is 0 Å². The molecule has 0 amide bonds. The summed E-state index contributed by atoms with van der Waals surface area (Å²) in [5.74, 6) is 0.922. The van der Waals surface area contributed by atoms with E-state index in [1.807, 2.05) is 20.0 Å². The molecule has 0 saturated heterocycles. The summed E-state index contributed by atoms with van der Waals surface area (Å²) in [6.45, 7) is 6.87. The van der Waals surface area contributed by atoms with Crippen molar-refractivity contribution < 1.29 is 4.74 Å². The Hall–Kier alpha value is -0.770. The average Bonchev–Trinajstić information content (AvgIpc) is 2.36. The average molecular weight is 271 g/mol. The predicted molar refractivity (Wildman–Crippen MR) is 77.7 cm³/mol. The van der Waals surface area contributed by atoms with Crippen LogP contribution in [0.3, 0.4) is 0 Å². The standard InChI is InChI=1S/C14H23ClN2O/c1-10-8-13(18-5)12(11(2)14(10)15)9-17(4)7-6-16-3/h8,16H,6-7,9H2,1-5H3. The van der Waals surface area contributed by atoms with Crippen molar-refractivity contribution in [3.63, 3.8) is 0 Å². The second-order valence-electron chi connectivity index (χ2n) is 4.65. The van der Waals surface area contributed by atoms with Crippen molar-refractivity contribution in [3.8, 4) is 5.75 Å². The Kier molecular flexibility index (Phi) is 5.93. The lowest BCUT2D eigenvalue weighted by Crippen LogP contribution is -2.27. The van der Waals surface area contributed by atoms with Crippen LogP contribution in [0.1, 0.15) is 16.7 Å². The first-order valence-corrected chi connectivity index (χ1v) is 6.54. The summed E-state index contributed by atoms with van der Waals surface area (Å²) in [6.07, 6.45) is 0. The Morgan fingerprint density at radius 2 is 2.06 bits per heavy atom. The summed E-state index contributed by atoms with van der Waals surface area (Å²) < 4.78 is 5.47. The highest BCUT2D eigenvalue weighted by Gasteiger charge is 2.14. The molecule has 0 fully saturated rings. The summed E-state index contributed by atoms with van der Waals surface area (Å²) in [5, 5.41) is 3.99. The van der Waals surface area contributed by atoms with E-state index in [-0.39, 0.29) is 0 Å². The van der Waals surface area contributed by atoms with Gasteiger partial charge < -0.3 is 15.0 Å². The topological polar surface area (TPSA) is 24.5 Å². The molecule has 0 spiro atoms. The Labute approximate surface area is 115 Å². The number of halogens is 1. The van der Waals surface area contributed by atoms with Crippen molar-refractivity contribution in [3.05, 3.63) is 27.8 Å². The zero-order chi connectivity index (χ0) is 13.7. The molecule has 0 aliphatic carbocycles. The lowest BCUT2D eigenvalue weighted by molar-refractivity contribution is 0.317. The van der Waals surface area contributed by atoms with E-state index in [4.69, 9.17) is 16.3 Å². The first kappa shape index (κ1) is 15.3. The molecule has 0 aliphatic rings. The normalized spacial score (nSPS) is 11.1. The van der Waals surface area contributed by atoms with Gasteiger partial charge in [0.05, 0.1) is 7.11 Å². The molecule has 1 N–H and O–H groups in total. The van der Waals surface area contributed by atoms with Crippen molar-refractivity contribution >= 4 is 11.6 Å². The molecule has 18 heavy (non-hydrogen) atoms. The number of nitrogens with zero attached hydrogens (tertiary/aromatic N) is 1. The van der Waals surface area contributed by atoms with Gasteiger partial charge in [-0.3, -0.25) is 0 Å². The molecule has 0 aromatic heterocycles. The SMILES string of the molecule is CNCCN(C)Cc1c(OC)cc(C)c(Cl)c1C. The molecule has 0 unspecified atom stereocenters. The summed E-state index contributed by atoms with van der Waals surface area (Å²) >= 11 is 6.31. The number of nitrogens with one attached hydrogen (secondary N) is 1. The van der Waals surface area contributed by atoms with Crippen LogP contribution in [0, 0.1) is 13.8 Å². The van der Waals surface area contributed by atoms with Crippen LogP contribution in [0.5, 0.6) is 5.75 Å². The lowest BCUT2D eigenvalue weighted by atomic mass is 10.0. The van der Waals surface area contributed by atoms with E-state index in [1.54, 1.807) is 7.11 Å². The number of hydrogen-bond acceptors (Lipinski definition) is 3. The highest BCUT2D eigenvalue weighted by Crippen LogP contribution is 2.32. The van der Waals surface area contributed by atoms with Gasteiger partial charge in [0.2, 0.25) is 0 Å². The van der Waals surface area contributed by atoms with Crippen LogP contribution in [0.4, 0.5) is 0 Å². The molecule has 1 aromatic carbocycles. The lowest BCUT2D eigenvalue weighted by Gasteiger charge is -2.21. The van der Waals surface area contributed by atoms with E-state index in [0.717, 1.165) is 41.5 Å². The first-order chi connectivity index (χ1) is 8.51. The molecule has 4 heteroatoms. The number of hydrogen-bond donors (Lipinski definition) is 1. The molecule has 0 radical (unpaired) electrons. The fourth-order valence-corrected chi connectivity index (χ4v) is 2.16. The summed E-state index contributed by atoms with van der Waals surface area (Å²) in [4.78, 5) is 2.26. The van der Waals surface area contributed by atoms with Gasteiger partial charge in [0.15, 0.2) is 0 Å². The zero-order valence-corrected chi connectivity index (χ0v) is 12.7. The van der Waals surface area contributed by atoms with Gasteiger partial charge in [0.25, 0.3) is 0 Å². The molecule has 3 nitrogen and oxygen atoms in total. The van der Waals surface area contributed by atoms with E-state index < -0.39 is 0 Å². The Balaban J connectivity index is 2.96. The number of rotatable bonds is 6. The molecular formula is C14H23ClN2O. The van der Waals surface area contributed by atoms with Crippen LogP contribution in [0.2, 0.25) is 5.02 Å². The highest BCUT2D eigenvalue weighted by atomic mass is 35.5. The molecular weight excluding hydrogens is 248 g/mol. The van der Waals surface area contributed by atoms with Gasteiger partial charge in [0, 0.05) is 30.2 Å². The van der Waals surface area contributed by atoms with Crippen LogP contribution in [-0.4, -0.2) is 39.2 Å². The number of likely N-dealkylation sites (N-methyl/N-ethyl adjacent to an activating group) is 2. The summed E-state index contributed by atoms with van der Waals surface area (Å²) in [5.41, 5.74) is 3.35. The maximum atomic E-state index is 6.31. The molecule has 0 atom stereocenters. The Bertz CT molecular complexity index is 407. The van der Waals surface area contributed by atoms with E-state index in [0.29, 0.717) is 0 Å². The quantitative estimate of drug-likeness (QED) is 0.860. The smallest absolute Gasteiger partial charge is 0.123 e. The molecule has 1 rings (SSSR count). The number of methoxy groups -OCH3 is 1. The molecule has 102 valence electrons. The second-order valence-corrected chi connectivity index (χ2v) is 5.03. The Morgan fingerprint density at radius 1 is 1.39 bits per heavy atom. The van der Waals surface area contributed by atoms with Gasteiger partial charge in [0.1, 0.15) is 5.75 Å². The van der Waals surface area contributed by atoms with Crippen LogP contribution >= 0.6 is 11.6 Å². The van der Waals surface area contributed by atoms with E-state index in [1.165, 1.54) is 5.56 Å². The third-order valence-corrected chi connectivity index (χ3v) is 3.75. The minimum Gasteiger partial charge on any atom is -0.496 e. The summed E-state index contributed by atoms with van der Waals surface area (Å²) in [6, 6.07) is 2.01. The third-order valence-electron chi connectivity index (χ3n) is 3.16. The minimum atomic E-state index is 0.841. The van der Waals surface area contributed by atoms with Gasteiger partial charge in [-0.2, -0.15) is 0 Å². The van der Waals surface area contributed by atoms with Crippen LogP contribution in [0.15, 0.2) is 6.07 Å². The fourth-order valence-electron chi connectivity index (χ4n) is 1.99. The largest absolute Gasteiger partial charge is 0.496 e. The monoisotopic (exact) mass is 270 g/mol. The van der Waals surface area contributed by atoms with E-state index >= 15 is 0 Å². The van der Waals surface area contributed by atoms with Crippen molar-refractivity contribution in [2.75, 3.05) is 34.3 Å². The fraction of sp³-hybridized carbons (Fsp3) is 0.571. The van der Waals surface area contributed by atoms with Crippen molar-refractivity contribution in [2.24, 2.45) is 0 Å². The van der Waals surface area contributed by atoms with Gasteiger partial charge in [-0.15, -0.1) is 0 Å².